The molecule has 0 atom stereocenters. The number of amides is 1. The third kappa shape index (κ3) is 5.83. The fraction of sp³-hybridized carbons (Fsp3) is 0.417. The number of rotatable bonds is 7. The molecule has 1 aliphatic heterocycles. The maximum absolute atomic E-state index is 12.8. The smallest absolute Gasteiger partial charge is 0.339 e. The van der Waals surface area contributed by atoms with Crippen molar-refractivity contribution in [3.8, 4) is 0 Å². The van der Waals surface area contributed by atoms with Gasteiger partial charge in [-0.05, 0) is 37.0 Å². The highest BCUT2D eigenvalue weighted by Gasteiger charge is 2.30. The van der Waals surface area contributed by atoms with E-state index in [9.17, 15) is 9.59 Å². The van der Waals surface area contributed by atoms with E-state index >= 15 is 0 Å². The van der Waals surface area contributed by atoms with E-state index in [4.69, 9.17) is 4.74 Å². The molecular formula is C24H31ClN2O3. The highest BCUT2D eigenvalue weighted by molar-refractivity contribution is 6.02. The summed E-state index contributed by atoms with van der Waals surface area (Å²) in [6, 6.07) is 17.9. The van der Waals surface area contributed by atoms with E-state index < -0.39 is 5.97 Å². The average molecular weight is 431 g/mol. The number of nitrogens with zero attached hydrogens (tertiary/aromatic N) is 2. The third-order valence-corrected chi connectivity index (χ3v) is 5.62. The van der Waals surface area contributed by atoms with Gasteiger partial charge in [-0.25, -0.2) is 4.79 Å². The van der Waals surface area contributed by atoms with Crippen molar-refractivity contribution in [2.24, 2.45) is 0 Å². The maximum Gasteiger partial charge on any atom is 0.339 e. The molecule has 1 heterocycles. The molecule has 1 aliphatic rings. The highest BCUT2D eigenvalue weighted by atomic mass is 35.5. The number of methoxy groups -OCH3 is 1. The van der Waals surface area contributed by atoms with Crippen molar-refractivity contribution in [3.63, 3.8) is 0 Å². The lowest BCUT2D eigenvalue weighted by Gasteiger charge is -2.39. The molecule has 1 saturated heterocycles. The molecule has 0 aromatic heterocycles. The molecular weight excluding hydrogens is 400 g/mol. The van der Waals surface area contributed by atoms with E-state index in [1.165, 1.54) is 12.7 Å². The van der Waals surface area contributed by atoms with Gasteiger partial charge in [0.2, 0.25) is 5.91 Å². The molecule has 0 spiro atoms. The minimum Gasteiger partial charge on any atom is -0.465 e. The molecule has 1 amide bonds. The predicted molar refractivity (Wildman–Crippen MR) is 122 cm³/mol. The van der Waals surface area contributed by atoms with Gasteiger partial charge in [0.15, 0.2) is 0 Å². The third-order valence-electron chi connectivity index (χ3n) is 5.62. The van der Waals surface area contributed by atoms with Crippen LogP contribution in [0.4, 0.5) is 5.69 Å². The Bertz CT molecular complexity index is 820. The van der Waals surface area contributed by atoms with Gasteiger partial charge in [0, 0.05) is 32.1 Å². The Morgan fingerprint density at radius 2 is 1.67 bits per heavy atom. The molecule has 162 valence electrons. The predicted octanol–water partition coefficient (Wildman–Crippen LogP) is 4.35. The fourth-order valence-electron chi connectivity index (χ4n) is 4.00. The normalized spacial score (nSPS) is 14.6. The van der Waals surface area contributed by atoms with E-state index in [-0.39, 0.29) is 24.4 Å². The Hall–Kier alpha value is -2.37. The van der Waals surface area contributed by atoms with Crippen molar-refractivity contribution in [2.45, 2.75) is 38.6 Å². The number of esters is 1. The van der Waals surface area contributed by atoms with Gasteiger partial charge < -0.3 is 14.5 Å². The number of carbonyl (C=O) groups excluding carboxylic acids is 2. The second-order valence-corrected chi connectivity index (χ2v) is 7.43. The first kappa shape index (κ1) is 23.9. The molecule has 0 aliphatic carbocycles. The van der Waals surface area contributed by atoms with Crippen LogP contribution in [0.1, 0.15) is 42.1 Å². The summed E-state index contributed by atoms with van der Waals surface area (Å²) in [6.07, 6.45) is 3.24. The summed E-state index contributed by atoms with van der Waals surface area (Å²) >= 11 is 0. The van der Waals surface area contributed by atoms with Crippen LogP contribution in [0.2, 0.25) is 0 Å². The van der Waals surface area contributed by atoms with Crippen LogP contribution in [-0.4, -0.2) is 49.6 Å². The van der Waals surface area contributed by atoms with Gasteiger partial charge in [0.1, 0.15) is 0 Å². The maximum atomic E-state index is 12.8. The lowest BCUT2D eigenvalue weighted by Crippen LogP contribution is -2.48. The quantitative estimate of drug-likeness (QED) is 0.613. The summed E-state index contributed by atoms with van der Waals surface area (Å²) < 4.78 is 4.93. The molecule has 2 aromatic rings. The number of anilines is 1. The molecule has 0 bridgehead atoms. The highest BCUT2D eigenvalue weighted by Crippen LogP contribution is 2.28. The van der Waals surface area contributed by atoms with Crippen LogP contribution >= 0.6 is 12.4 Å². The first-order chi connectivity index (χ1) is 14.1. The summed E-state index contributed by atoms with van der Waals surface area (Å²) in [7, 11) is 1.37. The van der Waals surface area contributed by atoms with Gasteiger partial charge in [-0.3, -0.25) is 4.79 Å². The van der Waals surface area contributed by atoms with Crippen molar-refractivity contribution in [1.82, 2.24) is 4.90 Å². The molecule has 2 aromatic carbocycles. The number of hydrogen-bond donors (Lipinski definition) is 0. The Kier molecular flexibility index (Phi) is 9.34. The van der Waals surface area contributed by atoms with Crippen molar-refractivity contribution in [2.75, 3.05) is 31.6 Å². The first-order valence-corrected chi connectivity index (χ1v) is 10.4. The number of ether oxygens (including phenoxy) is 1. The zero-order chi connectivity index (χ0) is 20.6. The van der Waals surface area contributed by atoms with E-state index in [0.717, 1.165) is 38.9 Å². The largest absolute Gasteiger partial charge is 0.465 e. The molecule has 0 unspecified atom stereocenters. The second-order valence-electron chi connectivity index (χ2n) is 7.43. The van der Waals surface area contributed by atoms with Crippen LogP contribution in [-0.2, 0) is 16.0 Å². The Labute approximate surface area is 185 Å². The molecule has 1 fully saturated rings. The summed E-state index contributed by atoms with van der Waals surface area (Å²) in [5.74, 6) is -0.362. The first-order valence-electron chi connectivity index (χ1n) is 10.4. The van der Waals surface area contributed by atoms with E-state index in [1.807, 2.05) is 30.0 Å². The number of para-hydroxylation sites is 1. The van der Waals surface area contributed by atoms with Crippen molar-refractivity contribution in [3.05, 3.63) is 65.7 Å². The number of piperidine rings is 1. The lowest BCUT2D eigenvalue weighted by molar-refractivity contribution is -0.119. The summed E-state index contributed by atoms with van der Waals surface area (Å²) in [5.41, 5.74) is 2.46. The molecule has 5 nitrogen and oxygen atoms in total. The minimum absolute atomic E-state index is 0. The van der Waals surface area contributed by atoms with Crippen LogP contribution < -0.4 is 4.90 Å². The summed E-state index contributed by atoms with van der Waals surface area (Å²) in [4.78, 5) is 29.4. The zero-order valence-electron chi connectivity index (χ0n) is 17.8. The monoisotopic (exact) mass is 430 g/mol. The molecule has 0 radical (unpaired) electrons. The fourth-order valence-corrected chi connectivity index (χ4v) is 4.00. The molecule has 0 saturated carbocycles. The van der Waals surface area contributed by atoms with Gasteiger partial charge >= 0.3 is 5.97 Å². The molecule has 0 N–H and O–H groups in total. The van der Waals surface area contributed by atoms with Gasteiger partial charge in [0.05, 0.1) is 18.4 Å². The number of benzene rings is 2. The van der Waals surface area contributed by atoms with Crippen LogP contribution in [0.25, 0.3) is 0 Å². The Morgan fingerprint density at radius 3 is 2.30 bits per heavy atom. The van der Waals surface area contributed by atoms with Crippen LogP contribution in [0, 0.1) is 0 Å². The number of halogens is 1. The van der Waals surface area contributed by atoms with E-state index in [2.05, 4.69) is 29.2 Å². The van der Waals surface area contributed by atoms with Crippen LogP contribution in [0.3, 0.4) is 0 Å². The molecule has 3 rings (SSSR count). The number of likely N-dealkylation sites (tertiary alicyclic amines) is 1. The number of hydrogen-bond acceptors (Lipinski definition) is 4. The van der Waals surface area contributed by atoms with E-state index in [0.29, 0.717) is 17.7 Å². The molecule has 30 heavy (non-hydrogen) atoms. The van der Waals surface area contributed by atoms with E-state index in [1.54, 1.807) is 12.1 Å². The molecule has 6 heteroatoms. The van der Waals surface area contributed by atoms with Crippen molar-refractivity contribution >= 4 is 30.0 Å². The Balaban J connectivity index is 0.00000320. The van der Waals surface area contributed by atoms with Crippen molar-refractivity contribution in [1.29, 1.82) is 0 Å². The minimum atomic E-state index is -0.408. The second kappa shape index (κ2) is 11.7. The van der Waals surface area contributed by atoms with Gasteiger partial charge in [0.25, 0.3) is 0 Å². The van der Waals surface area contributed by atoms with Crippen molar-refractivity contribution < 1.29 is 14.3 Å². The Morgan fingerprint density at radius 1 is 1.03 bits per heavy atom. The zero-order valence-corrected chi connectivity index (χ0v) is 18.6. The summed E-state index contributed by atoms with van der Waals surface area (Å²) in [6.45, 7) is 4.79. The number of carbonyl (C=O) groups is 2. The SMILES string of the molecule is CCC(=O)N(c1ccccc1C(=O)OC)C1CCN(CCc2ccccc2)CC1.Cl. The van der Waals surface area contributed by atoms with Gasteiger partial charge in [-0.1, -0.05) is 49.4 Å². The van der Waals surface area contributed by atoms with Gasteiger partial charge in [-0.2, -0.15) is 0 Å². The lowest BCUT2D eigenvalue weighted by atomic mass is 9.99. The van der Waals surface area contributed by atoms with Crippen LogP contribution in [0.15, 0.2) is 54.6 Å². The van der Waals surface area contributed by atoms with Crippen LogP contribution in [0.5, 0.6) is 0 Å². The standard InChI is InChI=1S/C24H30N2O3.ClH/c1-3-23(27)26(22-12-8-7-11-21(22)24(28)29-2)20-14-17-25(18-15-20)16-13-19-9-5-4-6-10-19;/h4-12,20H,3,13-18H2,1-2H3;1H. The average Bonchev–Trinajstić information content (AvgIpc) is 2.79. The topological polar surface area (TPSA) is 49.9 Å². The summed E-state index contributed by atoms with van der Waals surface area (Å²) in [5, 5.41) is 0. The van der Waals surface area contributed by atoms with Gasteiger partial charge in [-0.15, -0.1) is 12.4 Å².